The second-order valence-electron chi connectivity index (χ2n) is 4.49. The van der Waals surface area contributed by atoms with E-state index in [0.29, 0.717) is 18.7 Å². The minimum absolute atomic E-state index is 0.0573. The fourth-order valence-electron chi connectivity index (χ4n) is 1.60. The van der Waals surface area contributed by atoms with Crippen LogP contribution in [0.25, 0.3) is 0 Å². The predicted octanol–water partition coefficient (Wildman–Crippen LogP) is 1.30. The van der Waals surface area contributed by atoms with Crippen molar-refractivity contribution < 1.29 is 14.7 Å². The van der Waals surface area contributed by atoms with Crippen LogP contribution in [0.15, 0.2) is 18.2 Å². The Labute approximate surface area is 116 Å². The van der Waals surface area contributed by atoms with Gasteiger partial charge in [-0.3, -0.25) is 9.59 Å². The Morgan fingerprint density at radius 1 is 1.26 bits per heavy atom. The highest BCUT2D eigenvalue weighted by Crippen LogP contribution is 2.28. The van der Waals surface area contributed by atoms with E-state index in [0.717, 1.165) is 12.8 Å². The van der Waals surface area contributed by atoms with Crippen LogP contribution in [0.2, 0.25) is 5.02 Å². The van der Waals surface area contributed by atoms with Crippen molar-refractivity contribution in [1.82, 2.24) is 10.6 Å². The number of carbonyl (C=O) groups is 2. The van der Waals surface area contributed by atoms with Gasteiger partial charge in [0.2, 0.25) is 5.91 Å². The molecule has 0 bridgehead atoms. The molecule has 1 aromatic carbocycles. The lowest BCUT2D eigenvalue weighted by molar-refractivity contribution is -0.122. The second-order valence-corrected chi connectivity index (χ2v) is 4.89. The first-order chi connectivity index (χ1) is 9.08. The van der Waals surface area contributed by atoms with Gasteiger partial charge in [-0.05, 0) is 31.0 Å². The number of phenolic OH excluding ortho intramolecular Hbond substituents is 1. The van der Waals surface area contributed by atoms with Gasteiger partial charge in [0.25, 0.3) is 5.91 Å². The van der Waals surface area contributed by atoms with Crippen LogP contribution in [0.5, 0.6) is 5.75 Å². The van der Waals surface area contributed by atoms with Crippen molar-refractivity contribution in [2.24, 2.45) is 5.92 Å². The van der Waals surface area contributed by atoms with E-state index in [-0.39, 0.29) is 28.5 Å². The Balaban J connectivity index is 1.74. The monoisotopic (exact) mass is 282 g/mol. The molecule has 0 aliphatic heterocycles. The lowest BCUT2D eigenvalue weighted by atomic mass is 10.2. The molecular formula is C13H15ClN2O3. The molecule has 0 radical (unpaired) electrons. The number of nitrogens with one attached hydrogen (secondary N) is 2. The zero-order chi connectivity index (χ0) is 13.8. The molecule has 1 aliphatic rings. The highest BCUT2D eigenvalue weighted by Gasteiger charge is 2.28. The highest BCUT2D eigenvalue weighted by atomic mass is 35.5. The third-order valence-electron chi connectivity index (χ3n) is 2.87. The first-order valence-electron chi connectivity index (χ1n) is 6.12. The number of benzene rings is 1. The summed E-state index contributed by atoms with van der Waals surface area (Å²) in [6.45, 7) is 0.767. The maximum Gasteiger partial charge on any atom is 0.251 e. The average Bonchev–Trinajstić information content (AvgIpc) is 3.21. The van der Waals surface area contributed by atoms with E-state index in [1.54, 1.807) is 0 Å². The van der Waals surface area contributed by atoms with Crippen LogP contribution < -0.4 is 10.6 Å². The summed E-state index contributed by atoms with van der Waals surface area (Å²) >= 11 is 5.72. The fraction of sp³-hybridized carbons (Fsp3) is 0.385. The molecule has 0 spiro atoms. The quantitative estimate of drug-likeness (QED) is 0.712. The molecule has 5 nitrogen and oxygen atoms in total. The minimum Gasteiger partial charge on any atom is -0.506 e. The van der Waals surface area contributed by atoms with E-state index >= 15 is 0 Å². The van der Waals surface area contributed by atoms with Gasteiger partial charge in [-0.25, -0.2) is 0 Å². The third-order valence-corrected chi connectivity index (χ3v) is 3.17. The van der Waals surface area contributed by atoms with Crippen LogP contribution in [-0.4, -0.2) is 30.0 Å². The van der Waals surface area contributed by atoms with Crippen molar-refractivity contribution in [2.45, 2.75) is 12.8 Å². The van der Waals surface area contributed by atoms with Crippen LogP contribution in [0.4, 0.5) is 0 Å². The summed E-state index contributed by atoms with van der Waals surface area (Å²) in [5.74, 6) is -0.119. The molecule has 2 amide bonds. The number of rotatable bonds is 5. The number of carbonyl (C=O) groups excluding carboxylic acids is 2. The standard InChI is InChI=1S/C13H15ClN2O3/c14-10-7-9(3-4-11(10)17)13(19)16-6-5-15-12(18)8-1-2-8/h3-4,7-8,17H,1-2,5-6H2,(H,15,18)(H,16,19). The first-order valence-corrected chi connectivity index (χ1v) is 6.50. The first kappa shape index (κ1) is 13.7. The normalized spacial score (nSPS) is 13.9. The second kappa shape index (κ2) is 5.93. The molecule has 1 aromatic rings. The molecule has 3 N–H and O–H groups in total. The molecule has 1 saturated carbocycles. The Kier molecular flexibility index (Phi) is 4.27. The van der Waals surface area contributed by atoms with E-state index in [1.807, 2.05) is 0 Å². The van der Waals surface area contributed by atoms with Crippen molar-refractivity contribution in [3.05, 3.63) is 28.8 Å². The molecule has 0 heterocycles. The van der Waals surface area contributed by atoms with Gasteiger partial charge in [-0.2, -0.15) is 0 Å². The third kappa shape index (κ3) is 3.86. The summed E-state index contributed by atoms with van der Waals surface area (Å²) in [5.41, 5.74) is 0.372. The molecule has 0 atom stereocenters. The predicted molar refractivity (Wildman–Crippen MR) is 71.2 cm³/mol. The molecular weight excluding hydrogens is 268 g/mol. The number of aromatic hydroxyl groups is 1. The summed E-state index contributed by atoms with van der Waals surface area (Å²) in [7, 11) is 0. The Morgan fingerprint density at radius 2 is 1.95 bits per heavy atom. The largest absolute Gasteiger partial charge is 0.506 e. The van der Waals surface area contributed by atoms with Crippen LogP contribution in [0, 0.1) is 5.92 Å². The van der Waals surface area contributed by atoms with Crippen molar-refractivity contribution in [3.8, 4) is 5.75 Å². The van der Waals surface area contributed by atoms with Crippen LogP contribution in [0.1, 0.15) is 23.2 Å². The van der Waals surface area contributed by atoms with Gasteiger partial charge < -0.3 is 15.7 Å². The van der Waals surface area contributed by atoms with Gasteiger partial charge in [0.1, 0.15) is 5.75 Å². The number of hydrogen-bond acceptors (Lipinski definition) is 3. The maximum absolute atomic E-state index is 11.7. The summed E-state index contributed by atoms with van der Waals surface area (Å²) in [6, 6.07) is 4.25. The number of amides is 2. The zero-order valence-corrected chi connectivity index (χ0v) is 11.0. The van der Waals surface area contributed by atoms with Crippen LogP contribution in [0.3, 0.4) is 0 Å². The van der Waals surface area contributed by atoms with Gasteiger partial charge in [-0.1, -0.05) is 11.6 Å². The topological polar surface area (TPSA) is 78.4 Å². The van der Waals surface area contributed by atoms with Crippen molar-refractivity contribution in [1.29, 1.82) is 0 Å². The molecule has 102 valence electrons. The average molecular weight is 283 g/mol. The van der Waals surface area contributed by atoms with Crippen molar-refractivity contribution in [2.75, 3.05) is 13.1 Å². The summed E-state index contributed by atoms with van der Waals surface area (Å²) in [5, 5.41) is 14.8. The number of hydrogen-bond donors (Lipinski definition) is 3. The molecule has 6 heteroatoms. The van der Waals surface area contributed by atoms with E-state index in [1.165, 1.54) is 18.2 Å². The highest BCUT2D eigenvalue weighted by molar-refractivity contribution is 6.32. The van der Waals surface area contributed by atoms with Gasteiger partial charge in [0.05, 0.1) is 5.02 Å². The Bertz CT molecular complexity index is 501. The molecule has 19 heavy (non-hydrogen) atoms. The Hall–Kier alpha value is -1.75. The van der Waals surface area contributed by atoms with E-state index in [9.17, 15) is 14.7 Å². The Morgan fingerprint density at radius 3 is 2.58 bits per heavy atom. The van der Waals surface area contributed by atoms with Gasteiger partial charge >= 0.3 is 0 Å². The summed E-state index contributed by atoms with van der Waals surface area (Å²) < 4.78 is 0. The van der Waals surface area contributed by atoms with Crippen molar-refractivity contribution in [3.63, 3.8) is 0 Å². The lowest BCUT2D eigenvalue weighted by Crippen LogP contribution is -2.35. The van der Waals surface area contributed by atoms with E-state index < -0.39 is 0 Å². The van der Waals surface area contributed by atoms with Crippen LogP contribution in [-0.2, 0) is 4.79 Å². The fourth-order valence-corrected chi connectivity index (χ4v) is 1.78. The summed E-state index contributed by atoms with van der Waals surface area (Å²) in [4.78, 5) is 23.1. The SMILES string of the molecule is O=C(NCCNC(=O)C1CC1)c1ccc(O)c(Cl)c1. The zero-order valence-electron chi connectivity index (χ0n) is 10.3. The number of phenols is 1. The molecule has 0 saturated heterocycles. The van der Waals surface area contributed by atoms with Gasteiger partial charge in [0.15, 0.2) is 0 Å². The molecule has 2 rings (SSSR count). The minimum atomic E-state index is -0.289. The van der Waals surface area contributed by atoms with E-state index in [4.69, 9.17) is 11.6 Å². The van der Waals surface area contributed by atoms with Crippen molar-refractivity contribution >= 4 is 23.4 Å². The maximum atomic E-state index is 11.7. The van der Waals surface area contributed by atoms with E-state index in [2.05, 4.69) is 10.6 Å². The smallest absolute Gasteiger partial charge is 0.251 e. The van der Waals surface area contributed by atoms with Gasteiger partial charge in [-0.15, -0.1) is 0 Å². The molecule has 1 fully saturated rings. The summed E-state index contributed by atoms with van der Waals surface area (Å²) in [6.07, 6.45) is 1.92. The molecule has 0 unspecified atom stereocenters. The van der Waals surface area contributed by atoms with Crippen LogP contribution >= 0.6 is 11.6 Å². The molecule has 0 aromatic heterocycles. The molecule has 1 aliphatic carbocycles. The lowest BCUT2D eigenvalue weighted by Gasteiger charge is -2.07. The number of halogens is 1. The van der Waals surface area contributed by atoms with Gasteiger partial charge in [0, 0.05) is 24.6 Å².